The molecule has 0 spiro atoms. The number of benzene rings is 1. The van der Waals surface area contributed by atoms with Gasteiger partial charge in [-0.3, -0.25) is 0 Å². The van der Waals surface area contributed by atoms with E-state index >= 15 is 0 Å². The molecule has 0 saturated carbocycles. The second-order valence-electron chi connectivity index (χ2n) is 4.45. The maximum absolute atomic E-state index is 13.3. The minimum absolute atomic E-state index is 0.180. The molecular weight excluding hydrogens is 269 g/mol. The summed E-state index contributed by atoms with van der Waals surface area (Å²) in [5.41, 5.74) is 0.930. The van der Waals surface area contributed by atoms with Crippen molar-refractivity contribution in [3.8, 4) is 0 Å². The molecule has 0 aliphatic rings. The number of rotatable bonds is 7. The van der Waals surface area contributed by atoms with Crippen LogP contribution in [0.4, 0.5) is 4.39 Å². The van der Waals surface area contributed by atoms with Crippen molar-refractivity contribution in [3.63, 3.8) is 0 Å². The second kappa shape index (κ2) is 7.37. The monoisotopic (exact) mass is 289 g/mol. The Bertz CT molecular complexity index is 372. The van der Waals surface area contributed by atoms with Crippen LogP contribution >= 0.6 is 23.4 Å². The summed E-state index contributed by atoms with van der Waals surface area (Å²) in [6, 6.07) is 4.96. The summed E-state index contributed by atoms with van der Waals surface area (Å²) in [7, 11) is 0. The Labute approximate surface area is 118 Å². The van der Waals surface area contributed by atoms with Gasteiger partial charge >= 0.3 is 0 Å². The zero-order valence-electron chi connectivity index (χ0n) is 11.2. The fourth-order valence-corrected chi connectivity index (χ4v) is 2.89. The predicted octanol–water partition coefficient (Wildman–Crippen LogP) is 4.49. The molecule has 1 aromatic carbocycles. The lowest BCUT2D eigenvalue weighted by molar-refractivity contribution is 0.494. The van der Waals surface area contributed by atoms with Crippen molar-refractivity contribution in [2.45, 2.75) is 38.0 Å². The molecule has 0 radical (unpaired) electrons. The van der Waals surface area contributed by atoms with E-state index in [2.05, 4.69) is 25.4 Å². The van der Waals surface area contributed by atoms with Crippen LogP contribution in [0, 0.1) is 5.82 Å². The van der Waals surface area contributed by atoms with Gasteiger partial charge < -0.3 is 5.32 Å². The number of halogens is 2. The van der Waals surface area contributed by atoms with Gasteiger partial charge in [-0.05, 0) is 36.8 Å². The standard InChI is InChI=1S/C14H21ClFNS/c1-4-14(5-2,18-3)10-17-9-11-6-7-12(15)13(16)8-11/h6-8,17H,4-5,9-10H2,1-3H3. The first-order valence-electron chi connectivity index (χ1n) is 6.26. The van der Waals surface area contributed by atoms with E-state index in [0.717, 1.165) is 24.9 Å². The Hall–Kier alpha value is -0.250. The van der Waals surface area contributed by atoms with Crippen molar-refractivity contribution in [2.24, 2.45) is 0 Å². The molecule has 0 heterocycles. The average Bonchev–Trinajstić information content (AvgIpc) is 2.39. The maximum Gasteiger partial charge on any atom is 0.142 e. The minimum Gasteiger partial charge on any atom is -0.311 e. The summed E-state index contributed by atoms with van der Waals surface area (Å²) >= 11 is 7.56. The van der Waals surface area contributed by atoms with E-state index in [1.165, 1.54) is 6.07 Å². The molecular formula is C14H21ClFNS. The summed E-state index contributed by atoms with van der Waals surface area (Å²) in [5, 5.41) is 3.59. The summed E-state index contributed by atoms with van der Waals surface area (Å²) in [4.78, 5) is 0. The van der Waals surface area contributed by atoms with Crippen LogP contribution in [0.25, 0.3) is 0 Å². The van der Waals surface area contributed by atoms with Crippen molar-refractivity contribution in [3.05, 3.63) is 34.6 Å². The topological polar surface area (TPSA) is 12.0 Å². The Morgan fingerprint density at radius 2 is 2.00 bits per heavy atom. The Morgan fingerprint density at radius 1 is 1.33 bits per heavy atom. The highest BCUT2D eigenvalue weighted by Gasteiger charge is 2.23. The zero-order chi connectivity index (χ0) is 13.6. The van der Waals surface area contributed by atoms with Crippen LogP contribution in [0.3, 0.4) is 0 Å². The van der Waals surface area contributed by atoms with Gasteiger partial charge in [-0.1, -0.05) is 31.5 Å². The number of nitrogens with one attached hydrogen (secondary N) is 1. The van der Waals surface area contributed by atoms with Crippen LogP contribution in [-0.2, 0) is 6.54 Å². The van der Waals surface area contributed by atoms with E-state index in [1.807, 2.05) is 17.8 Å². The summed E-state index contributed by atoms with van der Waals surface area (Å²) < 4.78 is 13.6. The molecule has 0 aliphatic carbocycles. The van der Waals surface area contributed by atoms with E-state index in [4.69, 9.17) is 11.6 Å². The predicted molar refractivity (Wildman–Crippen MR) is 79.9 cm³/mol. The van der Waals surface area contributed by atoms with Gasteiger partial charge in [-0.25, -0.2) is 4.39 Å². The third kappa shape index (κ3) is 4.15. The molecule has 18 heavy (non-hydrogen) atoms. The minimum atomic E-state index is -0.349. The lowest BCUT2D eigenvalue weighted by Crippen LogP contribution is -2.36. The van der Waals surface area contributed by atoms with Gasteiger partial charge in [0.25, 0.3) is 0 Å². The van der Waals surface area contributed by atoms with Gasteiger partial charge in [0, 0.05) is 17.8 Å². The largest absolute Gasteiger partial charge is 0.311 e. The first kappa shape index (κ1) is 15.8. The second-order valence-corrected chi connectivity index (χ2v) is 6.13. The average molecular weight is 290 g/mol. The zero-order valence-corrected chi connectivity index (χ0v) is 12.8. The van der Waals surface area contributed by atoms with Gasteiger partial charge in [0.05, 0.1) is 5.02 Å². The van der Waals surface area contributed by atoms with E-state index in [0.29, 0.717) is 6.54 Å². The van der Waals surface area contributed by atoms with Crippen LogP contribution in [0.2, 0.25) is 5.02 Å². The Balaban J connectivity index is 2.52. The molecule has 102 valence electrons. The maximum atomic E-state index is 13.3. The SMILES string of the molecule is CCC(CC)(CNCc1ccc(Cl)c(F)c1)SC. The van der Waals surface area contributed by atoms with Crippen LogP contribution in [0.15, 0.2) is 18.2 Å². The van der Waals surface area contributed by atoms with Gasteiger partial charge in [0.1, 0.15) is 5.82 Å². The van der Waals surface area contributed by atoms with Crippen molar-refractivity contribution in [1.82, 2.24) is 5.32 Å². The van der Waals surface area contributed by atoms with Crippen LogP contribution in [-0.4, -0.2) is 17.5 Å². The van der Waals surface area contributed by atoms with E-state index < -0.39 is 0 Å². The van der Waals surface area contributed by atoms with E-state index in [1.54, 1.807) is 6.07 Å². The van der Waals surface area contributed by atoms with Crippen molar-refractivity contribution >= 4 is 23.4 Å². The van der Waals surface area contributed by atoms with E-state index in [9.17, 15) is 4.39 Å². The molecule has 1 rings (SSSR count). The Kier molecular flexibility index (Phi) is 6.47. The molecule has 0 atom stereocenters. The normalized spacial score (nSPS) is 11.8. The third-order valence-corrected chi connectivity index (χ3v) is 5.38. The number of thioether (sulfide) groups is 1. The van der Waals surface area contributed by atoms with Gasteiger partial charge in [0.2, 0.25) is 0 Å². The molecule has 1 aromatic rings. The lowest BCUT2D eigenvalue weighted by Gasteiger charge is -2.30. The van der Waals surface area contributed by atoms with Gasteiger partial charge in [-0.2, -0.15) is 11.8 Å². The summed E-state index contributed by atoms with van der Waals surface area (Å²) in [6.07, 6.45) is 4.41. The van der Waals surface area contributed by atoms with Crippen LogP contribution in [0.1, 0.15) is 32.3 Å². The molecule has 0 unspecified atom stereocenters. The quantitative estimate of drug-likeness (QED) is 0.794. The van der Waals surface area contributed by atoms with Gasteiger partial charge in [0.15, 0.2) is 0 Å². The van der Waals surface area contributed by atoms with Crippen molar-refractivity contribution < 1.29 is 4.39 Å². The molecule has 4 heteroatoms. The molecule has 0 aromatic heterocycles. The molecule has 0 bridgehead atoms. The molecule has 0 fully saturated rings. The highest BCUT2D eigenvalue weighted by Crippen LogP contribution is 2.29. The van der Waals surface area contributed by atoms with Crippen LogP contribution in [0.5, 0.6) is 0 Å². The molecule has 0 aliphatic heterocycles. The number of hydrogen-bond donors (Lipinski definition) is 1. The fourth-order valence-electron chi connectivity index (χ4n) is 1.95. The first-order chi connectivity index (χ1) is 8.56. The van der Waals surface area contributed by atoms with E-state index in [-0.39, 0.29) is 15.6 Å². The highest BCUT2D eigenvalue weighted by atomic mass is 35.5. The molecule has 0 saturated heterocycles. The molecule has 1 nitrogen and oxygen atoms in total. The third-order valence-electron chi connectivity index (χ3n) is 3.48. The smallest absolute Gasteiger partial charge is 0.142 e. The number of hydrogen-bond acceptors (Lipinski definition) is 2. The molecule has 0 amide bonds. The molecule has 1 N–H and O–H groups in total. The first-order valence-corrected chi connectivity index (χ1v) is 7.87. The highest BCUT2D eigenvalue weighted by molar-refractivity contribution is 8.00. The Morgan fingerprint density at radius 3 is 2.50 bits per heavy atom. The summed E-state index contributed by atoms with van der Waals surface area (Å²) in [5.74, 6) is -0.349. The van der Waals surface area contributed by atoms with Crippen molar-refractivity contribution in [2.75, 3.05) is 12.8 Å². The summed E-state index contributed by atoms with van der Waals surface area (Å²) in [6.45, 7) is 6.04. The van der Waals surface area contributed by atoms with Gasteiger partial charge in [-0.15, -0.1) is 0 Å². The lowest BCUT2D eigenvalue weighted by atomic mass is 10.0. The fraction of sp³-hybridized carbons (Fsp3) is 0.571. The van der Waals surface area contributed by atoms with Crippen molar-refractivity contribution in [1.29, 1.82) is 0 Å². The van der Waals surface area contributed by atoms with Crippen LogP contribution < -0.4 is 5.32 Å².